The first-order chi connectivity index (χ1) is 12.7. The summed E-state index contributed by atoms with van der Waals surface area (Å²) < 4.78 is 1.22. The maximum absolute atomic E-state index is 12.6. The molecule has 2 heterocycles. The number of hydrogen-bond acceptors (Lipinski definition) is 4. The van der Waals surface area contributed by atoms with E-state index in [1.165, 1.54) is 10.3 Å². The van der Waals surface area contributed by atoms with Crippen LogP contribution in [0.4, 0.5) is 5.13 Å². The lowest BCUT2D eigenvalue weighted by atomic mass is 9.97. The summed E-state index contributed by atoms with van der Waals surface area (Å²) in [5, 5.41) is 4.13. The van der Waals surface area contributed by atoms with Crippen molar-refractivity contribution in [3.8, 4) is 0 Å². The summed E-state index contributed by atoms with van der Waals surface area (Å²) in [4.78, 5) is 19.7. The van der Waals surface area contributed by atoms with Crippen LogP contribution in [0.1, 0.15) is 24.0 Å². The molecule has 1 amide bonds. The van der Waals surface area contributed by atoms with Gasteiger partial charge in [0.25, 0.3) is 0 Å². The Morgan fingerprint density at radius 2 is 2.12 bits per heavy atom. The molecular formula is C21H23N3OS. The fourth-order valence-corrected chi connectivity index (χ4v) is 4.55. The Bertz CT molecular complexity index is 906. The average molecular weight is 366 g/mol. The summed E-state index contributed by atoms with van der Waals surface area (Å²) in [7, 11) is 0. The molecule has 134 valence electrons. The first-order valence-electron chi connectivity index (χ1n) is 9.13. The third-order valence-corrected chi connectivity index (χ3v) is 5.98. The SMILES string of the molecule is Cc1ccc2nc(N3CCCC(C(=O)NCc4ccccc4)C3)sc2c1. The van der Waals surface area contributed by atoms with Crippen molar-refractivity contribution in [2.45, 2.75) is 26.3 Å². The summed E-state index contributed by atoms with van der Waals surface area (Å²) in [6.07, 6.45) is 1.97. The second-order valence-electron chi connectivity index (χ2n) is 6.96. The molecule has 4 rings (SSSR count). The Labute approximate surface area is 157 Å². The highest BCUT2D eigenvalue weighted by molar-refractivity contribution is 7.22. The van der Waals surface area contributed by atoms with Crippen molar-refractivity contribution in [2.75, 3.05) is 18.0 Å². The van der Waals surface area contributed by atoms with Gasteiger partial charge in [-0.2, -0.15) is 0 Å². The number of nitrogens with one attached hydrogen (secondary N) is 1. The molecule has 3 aromatic rings. The van der Waals surface area contributed by atoms with Gasteiger partial charge >= 0.3 is 0 Å². The van der Waals surface area contributed by atoms with Crippen LogP contribution in [0, 0.1) is 12.8 Å². The minimum absolute atomic E-state index is 0.0289. The number of carbonyl (C=O) groups excluding carboxylic acids is 1. The standard InChI is InChI=1S/C21H23N3OS/c1-15-9-10-18-19(12-15)26-21(23-18)24-11-5-8-17(14-24)20(25)22-13-16-6-3-2-4-7-16/h2-4,6-7,9-10,12,17H,5,8,11,13-14H2,1H3,(H,22,25). The lowest BCUT2D eigenvalue weighted by Gasteiger charge is -2.31. The number of nitrogens with zero attached hydrogens (tertiary/aromatic N) is 2. The third kappa shape index (κ3) is 3.73. The lowest BCUT2D eigenvalue weighted by molar-refractivity contribution is -0.125. The summed E-state index contributed by atoms with van der Waals surface area (Å²) in [5.41, 5.74) is 3.44. The molecule has 1 aromatic heterocycles. The van der Waals surface area contributed by atoms with Crippen LogP contribution >= 0.6 is 11.3 Å². The summed E-state index contributed by atoms with van der Waals surface area (Å²) in [6.45, 7) is 4.42. The quantitative estimate of drug-likeness (QED) is 0.756. The van der Waals surface area contributed by atoms with E-state index >= 15 is 0 Å². The second kappa shape index (κ2) is 7.46. The number of thiazole rings is 1. The van der Waals surface area contributed by atoms with E-state index in [2.05, 4.69) is 35.3 Å². The van der Waals surface area contributed by atoms with Crippen molar-refractivity contribution in [3.63, 3.8) is 0 Å². The van der Waals surface area contributed by atoms with Gasteiger partial charge in [0.2, 0.25) is 5.91 Å². The van der Waals surface area contributed by atoms with Crippen LogP contribution in [0.25, 0.3) is 10.2 Å². The van der Waals surface area contributed by atoms with Gasteiger partial charge in [-0.3, -0.25) is 4.79 Å². The van der Waals surface area contributed by atoms with Gasteiger partial charge in [-0.05, 0) is 43.0 Å². The molecule has 0 bridgehead atoms. The van der Waals surface area contributed by atoms with Gasteiger partial charge in [0.05, 0.1) is 16.1 Å². The third-order valence-electron chi connectivity index (χ3n) is 4.90. The highest BCUT2D eigenvalue weighted by Gasteiger charge is 2.27. The number of aromatic nitrogens is 1. The highest BCUT2D eigenvalue weighted by Crippen LogP contribution is 2.32. The Balaban J connectivity index is 1.42. The molecule has 0 aliphatic carbocycles. The van der Waals surface area contributed by atoms with Crippen LogP contribution < -0.4 is 10.2 Å². The van der Waals surface area contributed by atoms with Gasteiger partial charge in [-0.25, -0.2) is 4.98 Å². The first kappa shape index (κ1) is 17.0. The molecule has 1 unspecified atom stereocenters. The van der Waals surface area contributed by atoms with Crippen LogP contribution in [-0.4, -0.2) is 24.0 Å². The molecule has 5 heteroatoms. The van der Waals surface area contributed by atoms with Crippen LogP contribution in [0.2, 0.25) is 0 Å². The fourth-order valence-electron chi connectivity index (χ4n) is 3.45. The number of amides is 1. The molecule has 2 aromatic carbocycles. The smallest absolute Gasteiger partial charge is 0.225 e. The minimum atomic E-state index is 0.0289. The van der Waals surface area contributed by atoms with Crippen molar-refractivity contribution in [2.24, 2.45) is 5.92 Å². The van der Waals surface area contributed by atoms with E-state index in [0.29, 0.717) is 6.54 Å². The van der Waals surface area contributed by atoms with Gasteiger partial charge in [-0.1, -0.05) is 47.7 Å². The van der Waals surface area contributed by atoms with E-state index in [-0.39, 0.29) is 11.8 Å². The van der Waals surface area contributed by atoms with Crippen LogP contribution in [0.3, 0.4) is 0 Å². The van der Waals surface area contributed by atoms with Gasteiger partial charge in [-0.15, -0.1) is 0 Å². The molecule has 1 aliphatic rings. The van der Waals surface area contributed by atoms with Crippen molar-refractivity contribution >= 4 is 32.6 Å². The highest BCUT2D eigenvalue weighted by atomic mass is 32.1. The molecule has 1 N–H and O–H groups in total. The molecule has 26 heavy (non-hydrogen) atoms. The van der Waals surface area contributed by atoms with Gasteiger partial charge in [0, 0.05) is 19.6 Å². The number of aryl methyl sites for hydroxylation is 1. The normalized spacial score (nSPS) is 17.4. The van der Waals surface area contributed by atoms with E-state index in [0.717, 1.165) is 42.1 Å². The van der Waals surface area contributed by atoms with E-state index in [1.807, 2.05) is 30.3 Å². The van der Waals surface area contributed by atoms with Gasteiger partial charge < -0.3 is 10.2 Å². The molecule has 0 saturated carbocycles. The first-order valence-corrected chi connectivity index (χ1v) is 9.94. The molecule has 4 nitrogen and oxygen atoms in total. The molecule has 0 spiro atoms. The summed E-state index contributed by atoms with van der Waals surface area (Å²) >= 11 is 1.73. The number of hydrogen-bond donors (Lipinski definition) is 1. The Hall–Kier alpha value is -2.40. The predicted octanol–water partition coefficient (Wildman–Crippen LogP) is 4.14. The van der Waals surface area contributed by atoms with Gasteiger partial charge in [0.1, 0.15) is 0 Å². The number of rotatable bonds is 4. The fraction of sp³-hybridized carbons (Fsp3) is 0.333. The maximum Gasteiger partial charge on any atom is 0.225 e. The molecule has 1 atom stereocenters. The molecule has 1 aliphatic heterocycles. The van der Waals surface area contributed by atoms with Crippen molar-refractivity contribution in [1.82, 2.24) is 10.3 Å². The van der Waals surface area contributed by atoms with E-state index in [4.69, 9.17) is 4.98 Å². The topological polar surface area (TPSA) is 45.2 Å². The number of benzene rings is 2. The molecule has 0 radical (unpaired) electrons. The number of anilines is 1. The molecular weight excluding hydrogens is 342 g/mol. The lowest BCUT2D eigenvalue weighted by Crippen LogP contribution is -2.42. The minimum Gasteiger partial charge on any atom is -0.352 e. The maximum atomic E-state index is 12.6. The summed E-state index contributed by atoms with van der Waals surface area (Å²) in [6, 6.07) is 16.4. The average Bonchev–Trinajstić information content (AvgIpc) is 3.10. The Kier molecular flexibility index (Phi) is 4.89. The Morgan fingerprint density at radius 1 is 1.27 bits per heavy atom. The number of piperidine rings is 1. The Morgan fingerprint density at radius 3 is 2.96 bits per heavy atom. The number of fused-ring (bicyclic) bond motifs is 1. The van der Waals surface area contributed by atoms with Crippen LogP contribution in [0.5, 0.6) is 0 Å². The number of carbonyl (C=O) groups is 1. The van der Waals surface area contributed by atoms with E-state index in [9.17, 15) is 4.79 Å². The monoisotopic (exact) mass is 365 g/mol. The van der Waals surface area contributed by atoms with E-state index in [1.54, 1.807) is 11.3 Å². The zero-order chi connectivity index (χ0) is 17.9. The van der Waals surface area contributed by atoms with Gasteiger partial charge in [0.15, 0.2) is 5.13 Å². The van der Waals surface area contributed by atoms with Crippen molar-refractivity contribution in [1.29, 1.82) is 0 Å². The van der Waals surface area contributed by atoms with E-state index < -0.39 is 0 Å². The zero-order valence-electron chi connectivity index (χ0n) is 14.9. The van der Waals surface area contributed by atoms with Crippen molar-refractivity contribution in [3.05, 3.63) is 59.7 Å². The zero-order valence-corrected chi connectivity index (χ0v) is 15.8. The summed E-state index contributed by atoms with van der Waals surface area (Å²) in [5.74, 6) is 0.178. The largest absolute Gasteiger partial charge is 0.352 e. The van der Waals surface area contributed by atoms with Crippen LogP contribution in [0.15, 0.2) is 48.5 Å². The predicted molar refractivity (Wildman–Crippen MR) is 108 cm³/mol. The van der Waals surface area contributed by atoms with Crippen molar-refractivity contribution < 1.29 is 4.79 Å². The second-order valence-corrected chi connectivity index (χ2v) is 7.97. The molecule has 1 fully saturated rings. The van der Waals surface area contributed by atoms with Crippen LogP contribution in [-0.2, 0) is 11.3 Å². The molecule has 1 saturated heterocycles.